The lowest BCUT2D eigenvalue weighted by Gasteiger charge is -2.28. The summed E-state index contributed by atoms with van der Waals surface area (Å²) in [6, 6.07) is 11.0. The summed E-state index contributed by atoms with van der Waals surface area (Å²) in [5.74, 6) is -0.586. The number of rotatable bonds is 8. The van der Waals surface area contributed by atoms with Crippen LogP contribution in [0.5, 0.6) is 0 Å². The highest BCUT2D eigenvalue weighted by molar-refractivity contribution is 7.99. The van der Waals surface area contributed by atoms with Crippen molar-refractivity contribution >= 4 is 46.8 Å². The molecule has 0 aliphatic carbocycles. The first-order valence-electron chi connectivity index (χ1n) is 8.60. The van der Waals surface area contributed by atoms with Gasteiger partial charge in [0.2, 0.25) is 11.8 Å². The zero-order valence-electron chi connectivity index (χ0n) is 15.5. The normalized spacial score (nSPS) is 11.8. The predicted octanol–water partition coefficient (Wildman–Crippen LogP) is 4.53. The lowest BCUT2D eigenvalue weighted by molar-refractivity contribution is -0.138. The van der Waals surface area contributed by atoms with E-state index in [1.54, 1.807) is 25.1 Å². The van der Waals surface area contributed by atoms with E-state index in [0.29, 0.717) is 15.6 Å². The van der Waals surface area contributed by atoms with Crippen LogP contribution in [0.4, 0.5) is 4.39 Å². The minimum atomic E-state index is -0.675. The van der Waals surface area contributed by atoms with Crippen LogP contribution in [0.1, 0.15) is 18.1 Å². The number of carbonyl (C=O) groups excluding carboxylic acids is 2. The Morgan fingerprint density at radius 3 is 2.46 bits per heavy atom. The Labute approximate surface area is 178 Å². The van der Waals surface area contributed by atoms with Crippen LogP contribution < -0.4 is 5.32 Å². The fraction of sp³-hybridized carbons (Fsp3) is 0.300. The molecule has 8 heteroatoms. The van der Waals surface area contributed by atoms with E-state index < -0.39 is 11.9 Å². The van der Waals surface area contributed by atoms with Crippen molar-refractivity contribution in [3.63, 3.8) is 0 Å². The van der Waals surface area contributed by atoms with Crippen LogP contribution >= 0.6 is 35.0 Å². The van der Waals surface area contributed by atoms with Crippen LogP contribution in [-0.2, 0) is 21.9 Å². The largest absolute Gasteiger partial charge is 0.357 e. The lowest BCUT2D eigenvalue weighted by Crippen LogP contribution is -2.47. The summed E-state index contributed by atoms with van der Waals surface area (Å²) < 4.78 is 13.9. The van der Waals surface area contributed by atoms with Crippen molar-refractivity contribution in [1.29, 1.82) is 0 Å². The molecule has 0 heterocycles. The summed E-state index contributed by atoms with van der Waals surface area (Å²) in [4.78, 5) is 26.4. The first-order chi connectivity index (χ1) is 13.3. The van der Waals surface area contributed by atoms with E-state index >= 15 is 0 Å². The monoisotopic (exact) mass is 442 g/mol. The molecule has 0 aliphatic heterocycles. The number of carbonyl (C=O) groups is 2. The number of hydrogen-bond donors (Lipinski definition) is 1. The van der Waals surface area contributed by atoms with Crippen LogP contribution in [0.15, 0.2) is 42.5 Å². The van der Waals surface area contributed by atoms with E-state index in [2.05, 4.69) is 5.32 Å². The molecule has 0 saturated heterocycles. The van der Waals surface area contributed by atoms with Crippen molar-refractivity contribution in [1.82, 2.24) is 10.2 Å². The SMILES string of the molecule is CNC(=O)[C@@H](C)N(Cc1ccccc1Cl)C(=O)CSCc1c(F)cccc1Cl. The van der Waals surface area contributed by atoms with Crippen LogP contribution in [0, 0.1) is 5.82 Å². The van der Waals surface area contributed by atoms with E-state index in [1.807, 2.05) is 12.1 Å². The second-order valence-corrected chi connectivity index (χ2v) is 7.90. The quantitative estimate of drug-likeness (QED) is 0.653. The van der Waals surface area contributed by atoms with Crippen LogP contribution in [0.3, 0.4) is 0 Å². The van der Waals surface area contributed by atoms with Gasteiger partial charge in [0.25, 0.3) is 0 Å². The third-order valence-electron chi connectivity index (χ3n) is 4.25. The molecule has 2 aromatic rings. The maximum atomic E-state index is 13.9. The Hall–Kier alpha value is -1.76. The fourth-order valence-corrected chi connectivity index (χ4v) is 4.04. The topological polar surface area (TPSA) is 49.4 Å². The number of halogens is 3. The van der Waals surface area contributed by atoms with E-state index in [4.69, 9.17) is 23.2 Å². The van der Waals surface area contributed by atoms with E-state index in [9.17, 15) is 14.0 Å². The van der Waals surface area contributed by atoms with Gasteiger partial charge in [-0.3, -0.25) is 9.59 Å². The van der Waals surface area contributed by atoms with Crippen LogP contribution in [-0.4, -0.2) is 35.6 Å². The molecule has 4 nitrogen and oxygen atoms in total. The Kier molecular flexibility index (Phi) is 8.60. The highest BCUT2D eigenvalue weighted by Gasteiger charge is 2.26. The second-order valence-electron chi connectivity index (χ2n) is 6.10. The summed E-state index contributed by atoms with van der Waals surface area (Å²) in [5.41, 5.74) is 1.11. The fourth-order valence-electron chi connectivity index (χ4n) is 2.60. The summed E-state index contributed by atoms with van der Waals surface area (Å²) in [6.07, 6.45) is 0. The predicted molar refractivity (Wildman–Crippen MR) is 113 cm³/mol. The standard InChI is InChI=1S/C20H21Cl2FN2O2S/c1-13(20(27)24-2)25(10-14-6-3-4-7-16(14)21)19(26)12-28-11-15-17(22)8-5-9-18(15)23/h3-9,13H,10-12H2,1-2H3,(H,24,27)/t13-/m1/s1. The number of nitrogens with one attached hydrogen (secondary N) is 1. The van der Waals surface area contributed by atoms with Crippen molar-refractivity contribution in [2.75, 3.05) is 12.8 Å². The summed E-state index contributed by atoms with van der Waals surface area (Å²) in [7, 11) is 1.52. The van der Waals surface area contributed by atoms with Gasteiger partial charge in [0.05, 0.1) is 5.75 Å². The Morgan fingerprint density at radius 1 is 1.14 bits per heavy atom. The maximum Gasteiger partial charge on any atom is 0.242 e. The van der Waals surface area contributed by atoms with Gasteiger partial charge in [-0.25, -0.2) is 4.39 Å². The first kappa shape index (κ1) is 22.5. The van der Waals surface area contributed by atoms with Gasteiger partial charge in [0.1, 0.15) is 11.9 Å². The summed E-state index contributed by atoms with van der Waals surface area (Å²) in [6.45, 7) is 1.86. The van der Waals surface area contributed by atoms with Crippen LogP contribution in [0.25, 0.3) is 0 Å². The number of benzene rings is 2. The average Bonchev–Trinajstić information content (AvgIpc) is 2.68. The summed E-state index contributed by atoms with van der Waals surface area (Å²) in [5, 5.41) is 3.41. The van der Waals surface area contributed by atoms with Crippen molar-refractivity contribution < 1.29 is 14.0 Å². The molecular formula is C20H21Cl2FN2O2S. The second kappa shape index (κ2) is 10.7. The molecule has 0 saturated carbocycles. The van der Waals surface area contributed by atoms with Crippen molar-refractivity contribution in [3.05, 3.63) is 69.5 Å². The van der Waals surface area contributed by atoms with Gasteiger partial charge >= 0.3 is 0 Å². The minimum Gasteiger partial charge on any atom is -0.357 e. The Bertz CT molecular complexity index is 830. The smallest absolute Gasteiger partial charge is 0.242 e. The third kappa shape index (κ3) is 5.87. The molecule has 0 bridgehead atoms. The molecule has 28 heavy (non-hydrogen) atoms. The average molecular weight is 443 g/mol. The highest BCUT2D eigenvalue weighted by Crippen LogP contribution is 2.25. The number of hydrogen-bond acceptors (Lipinski definition) is 3. The Balaban J connectivity index is 2.10. The molecule has 150 valence electrons. The number of nitrogens with zero attached hydrogens (tertiary/aromatic N) is 1. The number of likely N-dealkylation sites (N-methyl/N-ethyl adjacent to an activating group) is 1. The first-order valence-corrected chi connectivity index (χ1v) is 10.5. The molecule has 0 aliphatic rings. The van der Waals surface area contributed by atoms with Gasteiger partial charge < -0.3 is 10.2 Å². The van der Waals surface area contributed by atoms with E-state index in [-0.39, 0.29) is 29.9 Å². The highest BCUT2D eigenvalue weighted by atomic mass is 35.5. The molecule has 2 rings (SSSR count). The zero-order valence-corrected chi connectivity index (χ0v) is 17.9. The van der Waals surface area contributed by atoms with E-state index in [1.165, 1.54) is 35.8 Å². The maximum absolute atomic E-state index is 13.9. The third-order valence-corrected chi connectivity index (χ3v) is 5.91. The van der Waals surface area contributed by atoms with Gasteiger partial charge in [-0.05, 0) is 30.7 Å². The zero-order chi connectivity index (χ0) is 20.7. The van der Waals surface area contributed by atoms with Crippen molar-refractivity contribution in [2.45, 2.75) is 25.3 Å². The van der Waals surface area contributed by atoms with Crippen LogP contribution in [0.2, 0.25) is 10.0 Å². The molecule has 0 aromatic heterocycles. The van der Waals surface area contributed by atoms with Crippen molar-refractivity contribution in [3.8, 4) is 0 Å². The minimum absolute atomic E-state index is 0.0798. The number of thioether (sulfide) groups is 1. The molecule has 1 N–H and O–H groups in total. The van der Waals surface area contributed by atoms with Gasteiger partial charge in [-0.1, -0.05) is 47.5 Å². The molecule has 2 aromatic carbocycles. The number of amides is 2. The van der Waals surface area contributed by atoms with Gasteiger partial charge in [0, 0.05) is 35.0 Å². The summed E-state index contributed by atoms with van der Waals surface area (Å²) >= 11 is 13.5. The molecule has 0 radical (unpaired) electrons. The molecule has 0 fully saturated rings. The Morgan fingerprint density at radius 2 is 1.82 bits per heavy atom. The van der Waals surface area contributed by atoms with E-state index in [0.717, 1.165) is 5.56 Å². The molecule has 0 unspecified atom stereocenters. The van der Waals surface area contributed by atoms with Crippen molar-refractivity contribution in [2.24, 2.45) is 0 Å². The molecule has 0 spiro atoms. The van der Waals surface area contributed by atoms with Gasteiger partial charge in [-0.15, -0.1) is 11.8 Å². The molecule has 1 atom stereocenters. The molecular weight excluding hydrogens is 422 g/mol. The van der Waals surface area contributed by atoms with Gasteiger partial charge in [-0.2, -0.15) is 0 Å². The lowest BCUT2D eigenvalue weighted by atomic mass is 10.1. The molecule has 2 amide bonds. The van der Waals surface area contributed by atoms with Gasteiger partial charge in [0.15, 0.2) is 0 Å².